The fourth-order valence-electron chi connectivity index (χ4n) is 2.37. The zero-order valence-corrected chi connectivity index (χ0v) is 13.3. The van der Waals surface area contributed by atoms with Crippen LogP contribution in [0.5, 0.6) is 0 Å². The van der Waals surface area contributed by atoms with Gasteiger partial charge in [0.1, 0.15) is 0 Å². The molecule has 1 unspecified atom stereocenters. The van der Waals surface area contributed by atoms with E-state index in [0.717, 1.165) is 38.8 Å². The maximum absolute atomic E-state index is 12.2. The summed E-state index contributed by atoms with van der Waals surface area (Å²) in [6.07, 6.45) is 3.84. The number of nitrogens with zero attached hydrogens (tertiary/aromatic N) is 1. The molecule has 1 heterocycles. The van der Waals surface area contributed by atoms with E-state index in [4.69, 9.17) is 0 Å². The van der Waals surface area contributed by atoms with Crippen LogP contribution in [0.4, 0.5) is 0 Å². The summed E-state index contributed by atoms with van der Waals surface area (Å²) in [4.78, 5) is 25.7. The van der Waals surface area contributed by atoms with Crippen molar-refractivity contribution < 1.29 is 9.59 Å². The van der Waals surface area contributed by atoms with E-state index in [2.05, 4.69) is 21.2 Å². The number of piperidine rings is 1. The maximum Gasteiger partial charge on any atom is 0.236 e. The van der Waals surface area contributed by atoms with Gasteiger partial charge in [-0.3, -0.25) is 9.59 Å². The molecule has 1 aliphatic heterocycles. The summed E-state index contributed by atoms with van der Waals surface area (Å²) in [6, 6.07) is 0.255. The minimum absolute atomic E-state index is 0.0925. The van der Waals surface area contributed by atoms with Crippen molar-refractivity contribution in [3.63, 3.8) is 0 Å². The van der Waals surface area contributed by atoms with E-state index in [1.165, 1.54) is 0 Å². The van der Waals surface area contributed by atoms with Gasteiger partial charge < -0.3 is 10.2 Å². The number of halogens is 1. The van der Waals surface area contributed by atoms with Gasteiger partial charge in [0, 0.05) is 25.0 Å². The minimum Gasteiger partial charge on any atom is -0.353 e. The molecule has 0 radical (unpaired) electrons. The van der Waals surface area contributed by atoms with Gasteiger partial charge in [-0.1, -0.05) is 29.8 Å². The first-order valence-corrected chi connectivity index (χ1v) is 8.14. The molecule has 0 aromatic carbocycles. The van der Waals surface area contributed by atoms with Gasteiger partial charge in [-0.05, 0) is 31.6 Å². The van der Waals surface area contributed by atoms with Crippen molar-refractivity contribution in [2.75, 3.05) is 13.1 Å². The standard InChI is InChI=1S/C14H23BrN2O2/c1-9(2)12(15)14(19)17-7-5-11(6-8-17)16-13(18)10-3-4-10/h9-12H,3-8H2,1-2H3,(H,16,18). The lowest BCUT2D eigenvalue weighted by Crippen LogP contribution is -2.49. The summed E-state index contributed by atoms with van der Waals surface area (Å²) in [5.41, 5.74) is 0. The van der Waals surface area contributed by atoms with Gasteiger partial charge >= 0.3 is 0 Å². The molecule has 19 heavy (non-hydrogen) atoms. The Morgan fingerprint density at radius 2 is 1.74 bits per heavy atom. The smallest absolute Gasteiger partial charge is 0.236 e. The predicted octanol–water partition coefficient (Wildman–Crippen LogP) is 1.92. The van der Waals surface area contributed by atoms with Gasteiger partial charge in [0.05, 0.1) is 4.83 Å². The van der Waals surface area contributed by atoms with Gasteiger partial charge in [-0.25, -0.2) is 0 Å². The number of nitrogens with one attached hydrogen (secondary N) is 1. The molecule has 0 aromatic heterocycles. The zero-order valence-electron chi connectivity index (χ0n) is 11.7. The van der Waals surface area contributed by atoms with E-state index in [1.54, 1.807) is 0 Å². The van der Waals surface area contributed by atoms with Crippen LogP contribution in [0.2, 0.25) is 0 Å². The van der Waals surface area contributed by atoms with E-state index in [-0.39, 0.29) is 28.6 Å². The second-order valence-corrected chi connectivity index (χ2v) is 7.01. The molecule has 0 spiro atoms. The van der Waals surface area contributed by atoms with E-state index >= 15 is 0 Å². The molecule has 1 saturated carbocycles. The first-order chi connectivity index (χ1) is 8.99. The molecule has 108 valence electrons. The third kappa shape index (κ3) is 3.94. The molecule has 2 rings (SSSR count). The van der Waals surface area contributed by atoms with Crippen molar-refractivity contribution in [3.05, 3.63) is 0 Å². The lowest BCUT2D eigenvalue weighted by atomic mass is 10.0. The lowest BCUT2D eigenvalue weighted by Gasteiger charge is -2.34. The number of amides is 2. The highest BCUT2D eigenvalue weighted by Crippen LogP contribution is 2.29. The van der Waals surface area contributed by atoms with Gasteiger partial charge in [-0.15, -0.1) is 0 Å². The quantitative estimate of drug-likeness (QED) is 0.800. The molecule has 2 aliphatic rings. The van der Waals surface area contributed by atoms with Crippen LogP contribution in [0.1, 0.15) is 39.5 Å². The number of hydrogen-bond acceptors (Lipinski definition) is 2. The van der Waals surface area contributed by atoms with E-state index in [9.17, 15) is 9.59 Å². The van der Waals surface area contributed by atoms with Crippen molar-refractivity contribution in [1.82, 2.24) is 10.2 Å². The third-order valence-corrected chi connectivity index (χ3v) is 5.37. The number of carbonyl (C=O) groups excluding carboxylic acids is 2. The number of likely N-dealkylation sites (tertiary alicyclic amines) is 1. The van der Waals surface area contributed by atoms with Gasteiger partial charge in [0.2, 0.25) is 11.8 Å². The molecule has 5 heteroatoms. The number of hydrogen-bond donors (Lipinski definition) is 1. The highest BCUT2D eigenvalue weighted by atomic mass is 79.9. The summed E-state index contributed by atoms with van der Waals surface area (Å²) in [6.45, 7) is 5.59. The van der Waals surface area contributed by atoms with Crippen molar-refractivity contribution in [2.45, 2.75) is 50.4 Å². The summed E-state index contributed by atoms with van der Waals surface area (Å²) in [7, 11) is 0. The Morgan fingerprint density at radius 1 is 1.16 bits per heavy atom. The molecular formula is C14H23BrN2O2. The average Bonchev–Trinajstić information content (AvgIpc) is 3.22. The van der Waals surface area contributed by atoms with Crippen LogP contribution < -0.4 is 5.32 Å². The van der Waals surface area contributed by atoms with Crippen LogP contribution in [0.15, 0.2) is 0 Å². The topological polar surface area (TPSA) is 49.4 Å². The molecule has 2 fully saturated rings. The van der Waals surface area contributed by atoms with Crippen LogP contribution in [-0.2, 0) is 9.59 Å². The highest BCUT2D eigenvalue weighted by molar-refractivity contribution is 9.10. The van der Waals surface area contributed by atoms with Crippen molar-refractivity contribution in [3.8, 4) is 0 Å². The Balaban J connectivity index is 1.75. The lowest BCUT2D eigenvalue weighted by molar-refractivity contribution is -0.132. The molecular weight excluding hydrogens is 308 g/mol. The van der Waals surface area contributed by atoms with Crippen LogP contribution in [0.25, 0.3) is 0 Å². The van der Waals surface area contributed by atoms with E-state index in [0.29, 0.717) is 5.92 Å². The summed E-state index contributed by atoms with van der Waals surface area (Å²) in [5, 5.41) is 3.10. The van der Waals surface area contributed by atoms with E-state index in [1.807, 2.05) is 18.7 Å². The molecule has 1 atom stereocenters. The number of alkyl halides is 1. The predicted molar refractivity (Wildman–Crippen MR) is 78.0 cm³/mol. The molecule has 4 nitrogen and oxygen atoms in total. The Hall–Kier alpha value is -0.580. The number of rotatable bonds is 4. The Labute approximate surface area is 123 Å². The summed E-state index contributed by atoms with van der Waals surface area (Å²) < 4.78 is 0. The normalized spacial score (nSPS) is 22.4. The van der Waals surface area contributed by atoms with E-state index < -0.39 is 0 Å². The summed E-state index contributed by atoms with van der Waals surface area (Å²) in [5.74, 6) is 0.972. The van der Waals surface area contributed by atoms with Crippen LogP contribution in [-0.4, -0.2) is 40.7 Å². The monoisotopic (exact) mass is 330 g/mol. The average molecular weight is 331 g/mol. The first-order valence-electron chi connectivity index (χ1n) is 7.22. The Kier molecular flexibility index (Phi) is 4.87. The molecule has 1 aliphatic carbocycles. The van der Waals surface area contributed by atoms with Crippen LogP contribution in [0, 0.1) is 11.8 Å². The SMILES string of the molecule is CC(C)C(Br)C(=O)N1CCC(NC(=O)C2CC2)CC1. The van der Waals surface area contributed by atoms with Gasteiger partial charge in [0.15, 0.2) is 0 Å². The highest BCUT2D eigenvalue weighted by Gasteiger charge is 2.33. The fourth-order valence-corrected chi connectivity index (χ4v) is 2.66. The van der Waals surface area contributed by atoms with Gasteiger partial charge in [0.25, 0.3) is 0 Å². The zero-order chi connectivity index (χ0) is 14.0. The maximum atomic E-state index is 12.2. The number of carbonyl (C=O) groups is 2. The minimum atomic E-state index is -0.0925. The molecule has 2 amide bonds. The van der Waals surface area contributed by atoms with Crippen LogP contribution in [0.3, 0.4) is 0 Å². The van der Waals surface area contributed by atoms with Gasteiger partial charge in [-0.2, -0.15) is 0 Å². The summed E-state index contributed by atoms with van der Waals surface area (Å²) >= 11 is 3.46. The second-order valence-electron chi connectivity index (χ2n) is 6.03. The molecule has 1 N–H and O–H groups in total. The van der Waals surface area contributed by atoms with Crippen molar-refractivity contribution in [2.24, 2.45) is 11.8 Å². The van der Waals surface area contributed by atoms with Crippen molar-refractivity contribution >= 4 is 27.7 Å². The molecule has 0 bridgehead atoms. The molecule has 1 saturated heterocycles. The first kappa shape index (κ1) is 14.8. The van der Waals surface area contributed by atoms with Crippen molar-refractivity contribution in [1.29, 1.82) is 0 Å². The Bertz CT molecular complexity index is 347. The Morgan fingerprint density at radius 3 is 2.21 bits per heavy atom. The fraction of sp³-hybridized carbons (Fsp3) is 0.857. The van der Waals surface area contributed by atoms with Crippen LogP contribution >= 0.6 is 15.9 Å². The molecule has 0 aromatic rings. The second kappa shape index (κ2) is 6.25. The largest absolute Gasteiger partial charge is 0.353 e. The third-order valence-electron chi connectivity index (χ3n) is 3.92.